The van der Waals surface area contributed by atoms with Gasteiger partial charge in [-0.05, 0) is 109 Å². The Morgan fingerprint density at radius 1 is 0.313 bits per heavy atom. The highest BCUT2D eigenvalue weighted by Crippen LogP contribution is 2.15. The summed E-state index contributed by atoms with van der Waals surface area (Å²) in [5.41, 5.74) is 0. The van der Waals surface area contributed by atoms with Crippen molar-refractivity contribution in [1.29, 1.82) is 0 Å². The monoisotopic (exact) mass is 935 g/mol. The lowest BCUT2D eigenvalue weighted by atomic mass is 10.1. The summed E-state index contributed by atoms with van der Waals surface area (Å²) in [5, 5.41) is 0. The van der Waals surface area contributed by atoms with Crippen LogP contribution < -0.4 is 0 Å². The Morgan fingerprint density at radius 3 is 0.970 bits per heavy atom. The average molecular weight is 936 g/mol. The van der Waals surface area contributed by atoms with Gasteiger partial charge in [0, 0.05) is 19.3 Å². The molecule has 6 heteroatoms. The first kappa shape index (κ1) is 63.8. The predicted molar refractivity (Wildman–Crippen MR) is 288 cm³/mol. The van der Waals surface area contributed by atoms with E-state index in [1.54, 1.807) is 0 Å². The smallest absolute Gasteiger partial charge is 0.306 e. The van der Waals surface area contributed by atoms with Gasteiger partial charge in [-0.3, -0.25) is 14.4 Å². The van der Waals surface area contributed by atoms with Gasteiger partial charge in [-0.25, -0.2) is 0 Å². The van der Waals surface area contributed by atoms with E-state index in [4.69, 9.17) is 14.2 Å². The lowest BCUT2D eigenvalue weighted by Crippen LogP contribution is -2.30. The molecule has 0 aromatic rings. The van der Waals surface area contributed by atoms with Gasteiger partial charge in [0.05, 0.1) is 0 Å². The number of allylic oxidation sites excluding steroid dienone is 12. The minimum absolute atomic E-state index is 0.0857. The van der Waals surface area contributed by atoms with Crippen molar-refractivity contribution in [2.45, 2.75) is 284 Å². The van der Waals surface area contributed by atoms with E-state index >= 15 is 0 Å². The number of esters is 3. The van der Waals surface area contributed by atoms with E-state index in [2.05, 4.69) is 93.7 Å². The lowest BCUT2D eigenvalue weighted by molar-refractivity contribution is -0.167. The molecule has 0 aliphatic heterocycles. The zero-order valence-corrected chi connectivity index (χ0v) is 44.2. The van der Waals surface area contributed by atoms with Crippen LogP contribution in [0.2, 0.25) is 0 Å². The van der Waals surface area contributed by atoms with E-state index in [0.717, 1.165) is 103 Å². The fraction of sp³-hybridized carbons (Fsp3) is 0.754. The van der Waals surface area contributed by atoms with Crippen LogP contribution in [-0.4, -0.2) is 37.2 Å². The number of hydrogen-bond donors (Lipinski definition) is 0. The van der Waals surface area contributed by atoms with Crippen molar-refractivity contribution in [2.75, 3.05) is 13.2 Å². The van der Waals surface area contributed by atoms with Crippen LogP contribution in [-0.2, 0) is 28.6 Å². The minimum atomic E-state index is -0.788. The van der Waals surface area contributed by atoms with Crippen molar-refractivity contribution in [3.05, 3.63) is 72.9 Å². The third-order valence-corrected chi connectivity index (χ3v) is 12.2. The van der Waals surface area contributed by atoms with Crippen molar-refractivity contribution in [2.24, 2.45) is 0 Å². The second-order valence-corrected chi connectivity index (χ2v) is 18.8. The van der Waals surface area contributed by atoms with E-state index in [0.29, 0.717) is 19.3 Å². The van der Waals surface area contributed by atoms with Gasteiger partial charge in [-0.15, -0.1) is 0 Å². The van der Waals surface area contributed by atoms with Gasteiger partial charge >= 0.3 is 17.9 Å². The molecular weight excluding hydrogens is 829 g/mol. The molecule has 0 N–H and O–H groups in total. The van der Waals surface area contributed by atoms with Gasteiger partial charge in [0.1, 0.15) is 13.2 Å². The molecule has 0 aliphatic carbocycles. The van der Waals surface area contributed by atoms with E-state index < -0.39 is 6.10 Å². The Hall–Kier alpha value is -3.15. The summed E-state index contributed by atoms with van der Waals surface area (Å²) in [6.45, 7) is 6.49. The second kappa shape index (κ2) is 55.4. The molecule has 1 atom stereocenters. The van der Waals surface area contributed by atoms with Gasteiger partial charge in [0.15, 0.2) is 6.10 Å². The molecule has 0 aliphatic rings. The Morgan fingerprint density at radius 2 is 0.582 bits per heavy atom. The summed E-state index contributed by atoms with van der Waals surface area (Å²) >= 11 is 0. The van der Waals surface area contributed by atoms with Gasteiger partial charge in [0.25, 0.3) is 0 Å². The molecule has 0 aromatic carbocycles. The molecule has 0 amide bonds. The molecule has 0 aromatic heterocycles. The van der Waals surface area contributed by atoms with Crippen LogP contribution in [0.15, 0.2) is 72.9 Å². The van der Waals surface area contributed by atoms with Crippen LogP contribution >= 0.6 is 0 Å². The largest absolute Gasteiger partial charge is 0.462 e. The first-order valence-electron chi connectivity index (χ1n) is 28.4. The van der Waals surface area contributed by atoms with Crippen molar-refractivity contribution in [3.63, 3.8) is 0 Å². The first-order valence-corrected chi connectivity index (χ1v) is 28.4. The summed E-state index contributed by atoms with van der Waals surface area (Å²) in [7, 11) is 0. The van der Waals surface area contributed by atoms with Crippen LogP contribution in [0.1, 0.15) is 278 Å². The minimum Gasteiger partial charge on any atom is -0.462 e. The zero-order chi connectivity index (χ0) is 48.6. The highest BCUT2D eigenvalue weighted by molar-refractivity contribution is 5.71. The molecule has 0 radical (unpaired) electrons. The molecule has 386 valence electrons. The summed E-state index contributed by atoms with van der Waals surface area (Å²) in [6.07, 6.45) is 70.3. The maximum Gasteiger partial charge on any atom is 0.306 e. The van der Waals surface area contributed by atoms with Crippen LogP contribution in [0.3, 0.4) is 0 Å². The average Bonchev–Trinajstić information content (AvgIpc) is 3.33. The number of carbonyl (C=O) groups excluding carboxylic acids is 3. The molecule has 0 saturated carbocycles. The van der Waals surface area contributed by atoms with Crippen LogP contribution in [0.25, 0.3) is 0 Å². The molecule has 0 fully saturated rings. The van der Waals surface area contributed by atoms with E-state index in [9.17, 15) is 14.4 Å². The van der Waals surface area contributed by atoms with E-state index in [1.807, 2.05) is 0 Å². The van der Waals surface area contributed by atoms with Gasteiger partial charge in [0.2, 0.25) is 0 Å². The number of hydrogen-bond acceptors (Lipinski definition) is 6. The third kappa shape index (κ3) is 53.7. The molecule has 0 spiro atoms. The summed E-state index contributed by atoms with van der Waals surface area (Å²) in [4.78, 5) is 38.1. The summed E-state index contributed by atoms with van der Waals surface area (Å²) in [5.74, 6) is -0.908. The molecular formula is C61H106O6. The quantitative estimate of drug-likeness (QED) is 0.0262. The Labute approximate surface area is 414 Å². The Kier molecular flexibility index (Phi) is 52.8. The van der Waals surface area contributed by atoms with Gasteiger partial charge < -0.3 is 14.2 Å². The van der Waals surface area contributed by atoms with Crippen molar-refractivity contribution < 1.29 is 28.6 Å². The topological polar surface area (TPSA) is 78.9 Å². The van der Waals surface area contributed by atoms with E-state index in [1.165, 1.54) is 135 Å². The molecule has 0 bridgehead atoms. The highest BCUT2D eigenvalue weighted by atomic mass is 16.6. The Bertz CT molecular complexity index is 1260. The van der Waals surface area contributed by atoms with Crippen molar-refractivity contribution in [1.82, 2.24) is 0 Å². The molecule has 1 unspecified atom stereocenters. The van der Waals surface area contributed by atoms with Gasteiger partial charge in [-0.2, -0.15) is 0 Å². The van der Waals surface area contributed by atoms with Crippen LogP contribution in [0.4, 0.5) is 0 Å². The molecule has 0 saturated heterocycles. The molecule has 0 rings (SSSR count). The fourth-order valence-corrected chi connectivity index (χ4v) is 7.89. The lowest BCUT2D eigenvalue weighted by Gasteiger charge is -2.18. The standard InChI is InChI=1S/C61H106O6/c1-4-7-10-13-16-19-22-25-27-29-30-32-33-36-39-42-45-48-51-54-60(63)66-57-58(56-65-59(62)53-50-47-44-41-38-35-24-21-18-15-12-9-6-3)67-61(64)55-52-49-46-43-40-37-34-31-28-26-23-20-17-14-11-8-5-2/h7,10,16-17,19-20,25-28,35,38,58H,4-6,8-9,11-15,18,21-24,29-34,36-37,39-57H2,1-3H3/b10-7-,19-16-,20-17-,27-25-,28-26-,38-35-. The second-order valence-electron chi connectivity index (χ2n) is 18.8. The fourth-order valence-electron chi connectivity index (χ4n) is 7.89. The first-order chi connectivity index (χ1) is 33.0. The molecule has 6 nitrogen and oxygen atoms in total. The predicted octanol–water partition coefficient (Wildman–Crippen LogP) is 19.0. The highest BCUT2D eigenvalue weighted by Gasteiger charge is 2.19. The van der Waals surface area contributed by atoms with E-state index in [-0.39, 0.29) is 31.1 Å². The van der Waals surface area contributed by atoms with Gasteiger partial charge in [-0.1, -0.05) is 222 Å². The molecule has 0 heterocycles. The number of ether oxygens (including phenoxy) is 3. The van der Waals surface area contributed by atoms with Crippen molar-refractivity contribution in [3.8, 4) is 0 Å². The Balaban J connectivity index is 4.39. The summed E-state index contributed by atoms with van der Waals surface area (Å²) < 4.78 is 16.8. The molecule has 67 heavy (non-hydrogen) atoms. The maximum atomic E-state index is 12.8. The number of unbranched alkanes of at least 4 members (excludes halogenated alkanes) is 28. The number of rotatable bonds is 51. The van der Waals surface area contributed by atoms with Crippen LogP contribution in [0, 0.1) is 0 Å². The zero-order valence-electron chi connectivity index (χ0n) is 44.2. The SMILES string of the molecule is CC/C=C\C/C=C\C/C=C\CCCCCCCCCCCC(=O)OCC(COC(=O)CCCCC/C=C\CCCCCCCC)OC(=O)CCCCCCCCC/C=C\C/C=C\CCCCC. The van der Waals surface area contributed by atoms with Crippen LogP contribution in [0.5, 0.6) is 0 Å². The summed E-state index contributed by atoms with van der Waals surface area (Å²) in [6, 6.07) is 0. The normalized spacial score (nSPS) is 12.6. The number of carbonyl (C=O) groups is 3. The van der Waals surface area contributed by atoms with Crippen molar-refractivity contribution >= 4 is 17.9 Å². The third-order valence-electron chi connectivity index (χ3n) is 12.2. The maximum absolute atomic E-state index is 12.8.